The fourth-order valence-corrected chi connectivity index (χ4v) is 3.31. The van der Waals surface area contributed by atoms with Crippen molar-refractivity contribution in [1.29, 1.82) is 0 Å². The van der Waals surface area contributed by atoms with E-state index in [0.717, 1.165) is 11.1 Å². The Morgan fingerprint density at radius 2 is 1.52 bits per heavy atom. The number of primary amides is 1. The Kier molecular flexibility index (Phi) is 9.31. The van der Waals surface area contributed by atoms with Crippen molar-refractivity contribution in [3.05, 3.63) is 71.8 Å². The fourth-order valence-electron chi connectivity index (χ4n) is 3.31. The van der Waals surface area contributed by atoms with Crippen molar-refractivity contribution in [2.24, 2.45) is 11.5 Å². The minimum atomic E-state index is -1.25. The number of carbonyl (C=O) groups is 3. The largest absolute Gasteiger partial charge is 0.481 e. The first kappa shape index (κ1) is 24.1. The Morgan fingerprint density at radius 1 is 1.00 bits per heavy atom. The summed E-state index contributed by atoms with van der Waals surface area (Å²) in [5, 5.41) is 8.90. The van der Waals surface area contributed by atoms with E-state index in [-0.39, 0.29) is 12.4 Å². The Bertz CT molecular complexity index is 817. The van der Waals surface area contributed by atoms with Crippen LogP contribution in [0.5, 0.6) is 0 Å². The van der Waals surface area contributed by atoms with Gasteiger partial charge in [0.05, 0.1) is 12.5 Å². The number of carboxylic acids is 1. The van der Waals surface area contributed by atoms with Gasteiger partial charge in [0, 0.05) is 13.0 Å². The minimum Gasteiger partial charge on any atom is -0.481 e. The van der Waals surface area contributed by atoms with Gasteiger partial charge >= 0.3 is 5.97 Å². The molecular formula is C21H26ClN3O4. The van der Waals surface area contributed by atoms with Crippen molar-refractivity contribution in [3.8, 4) is 0 Å². The molecule has 2 rings (SSSR count). The molecule has 29 heavy (non-hydrogen) atoms. The third kappa shape index (κ3) is 6.58. The molecule has 0 heterocycles. The van der Waals surface area contributed by atoms with E-state index in [1.807, 2.05) is 60.7 Å². The molecule has 0 aliphatic carbocycles. The predicted molar refractivity (Wildman–Crippen MR) is 113 cm³/mol. The molecule has 0 aliphatic heterocycles. The first-order chi connectivity index (χ1) is 13.3. The highest BCUT2D eigenvalue weighted by molar-refractivity contribution is 5.91. The number of benzene rings is 2. The number of rotatable bonds is 9. The zero-order chi connectivity index (χ0) is 20.7. The van der Waals surface area contributed by atoms with E-state index in [1.54, 1.807) is 0 Å². The van der Waals surface area contributed by atoms with Crippen LogP contribution in [0.3, 0.4) is 0 Å². The van der Waals surface area contributed by atoms with Gasteiger partial charge in [0.1, 0.15) is 6.04 Å². The molecule has 5 N–H and O–H groups in total. The van der Waals surface area contributed by atoms with Gasteiger partial charge in [-0.2, -0.15) is 0 Å². The second-order valence-electron chi connectivity index (χ2n) is 6.71. The molecule has 3 atom stereocenters. The summed E-state index contributed by atoms with van der Waals surface area (Å²) in [4.78, 5) is 37.1. The van der Waals surface area contributed by atoms with Gasteiger partial charge in [0.15, 0.2) is 0 Å². The zero-order valence-electron chi connectivity index (χ0n) is 16.1. The van der Waals surface area contributed by atoms with E-state index in [9.17, 15) is 14.4 Å². The van der Waals surface area contributed by atoms with Crippen molar-refractivity contribution in [2.45, 2.75) is 30.8 Å². The lowest BCUT2D eigenvalue weighted by Gasteiger charge is -2.34. The third-order valence-corrected chi connectivity index (χ3v) is 4.68. The van der Waals surface area contributed by atoms with E-state index < -0.39 is 42.2 Å². The summed E-state index contributed by atoms with van der Waals surface area (Å²) in [6.07, 6.45) is -0.0480. The summed E-state index contributed by atoms with van der Waals surface area (Å²) in [7, 11) is 1.43. The SMILES string of the molecule is CN(C(=O)[C@@H](N)CC(=O)O)[C@H](C(N)=O)C(Cc1ccccc1)c1ccccc1.Cl. The molecule has 156 valence electrons. The average Bonchev–Trinajstić information content (AvgIpc) is 2.67. The fraction of sp³-hybridized carbons (Fsp3) is 0.286. The van der Waals surface area contributed by atoms with Gasteiger partial charge < -0.3 is 21.5 Å². The smallest absolute Gasteiger partial charge is 0.305 e. The summed E-state index contributed by atoms with van der Waals surface area (Å²) in [6, 6.07) is 16.6. The number of amides is 2. The molecule has 2 amide bonds. The maximum atomic E-state index is 12.6. The second kappa shape index (κ2) is 11.2. The topological polar surface area (TPSA) is 127 Å². The van der Waals surface area contributed by atoms with Crippen LogP contribution in [0.15, 0.2) is 60.7 Å². The Morgan fingerprint density at radius 3 is 2.00 bits per heavy atom. The number of likely N-dealkylation sites (N-methyl/N-ethyl adjacent to an activating group) is 1. The van der Waals surface area contributed by atoms with Crippen LogP contribution in [0.2, 0.25) is 0 Å². The molecule has 0 aliphatic rings. The summed E-state index contributed by atoms with van der Waals surface area (Å²) in [5.74, 6) is -2.91. The number of nitrogens with zero attached hydrogens (tertiary/aromatic N) is 1. The average molecular weight is 420 g/mol. The number of halogens is 1. The highest BCUT2D eigenvalue weighted by Crippen LogP contribution is 2.28. The van der Waals surface area contributed by atoms with E-state index in [2.05, 4.69) is 0 Å². The van der Waals surface area contributed by atoms with Crippen LogP contribution in [-0.4, -0.2) is 46.9 Å². The summed E-state index contributed by atoms with van der Waals surface area (Å²) in [5.41, 5.74) is 13.2. The molecule has 0 aromatic heterocycles. The highest BCUT2D eigenvalue weighted by Gasteiger charge is 2.36. The van der Waals surface area contributed by atoms with Crippen LogP contribution >= 0.6 is 12.4 Å². The van der Waals surface area contributed by atoms with E-state index in [4.69, 9.17) is 16.6 Å². The normalized spacial score (nSPS) is 13.4. The first-order valence-electron chi connectivity index (χ1n) is 8.93. The first-order valence-corrected chi connectivity index (χ1v) is 8.93. The van der Waals surface area contributed by atoms with E-state index >= 15 is 0 Å². The van der Waals surface area contributed by atoms with Crippen LogP contribution in [0.4, 0.5) is 0 Å². The van der Waals surface area contributed by atoms with Crippen LogP contribution in [0.25, 0.3) is 0 Å². The number of carbonyl (C=O) groups excluding carboxylic acids is 2. The number of nitrogens with two attached hydrogens (primary N) is 2. The molecule has 0 radical (unpaired) electrons. The van der Waals surface area contributed by atoms with Gasteiger partial charge in [0.2, 0.25) is 11.8 Å². The quantitative estimate of drug-likeness (QED) is 0.568. The Hall–Kier alpha value is -2.90. The molecule has 0 spiro atoms. The molecule has 7 nitrogen and oxygen atoms in total. The van der Waals surface area contributed by atoms with Crippen LogP contribution in [0, 0.1) is 0 Å². The van der Waals surface area contributed by atoms with Gasteiger partial charge in [-0.1, -0.05) is 60.7 Å². The second-order valence-corrected chi connectivity index (χ2v) is 6.71. The van der Waals surface area contributed by atoms with Gasteiger partial charge in [-0.25, -0.2) is 0 Å². The molecule has 0 bridgehead atoms. The lowest BCUT2D eigenvalue weighted by Crippen LogP contribution is -2.54. The summed E-state index contributed by atoms with van der Waals surface area (Å²) < 4.78 is 0. The van der Waals surface area contributed by atoms with Gasteiger partial charge in [-0.05, 0) is 17.5 Å². The van der Waals surface area contributed by atoms with E-state index in [0.29, 0.717) is 6.42 Å². The zero-order valence-corrected chi connectivity index (χ0v) is 16.9. The van der Waals surface area contributed by atoms with Crippen molar-refractivity contribution in [3.63, 3.8) is 0 Å². The van der Waals surface area contributed by atoms with Crippen LogP contribution in [-0.2, 0) is 20.8 Å². The highest BCUT2D eigenvalue weighted by atomic mass is 35.5. The Labute approximate surface area is 176 Å². The Balaban J connectivity index is 0.00000420. The molecule has 0 saturated heterocycles. The lowest BCUT2D eigenvalue weighted by atomic mass is 9.84. The van der Waals surface area contributed by atoms with Crippen molar-refractivity contribution in [1.82, 2.24) is 4.90 Å². The minimum absolute atomic E-state index is 0. The number of hydrogen-bond acceptors (Lipinski definition) is 4. The van der Waals surface area contributed by atoms with Crippen molar-refractivity contribution >= 4 is 30.2 Å². The third-order valence-electron chi connectivity index (χ3n) is 4.68. The number of hydrogen-bond donors (Lipinski definition) is 3. The van der Waals surface area contributed by atoms with Crippen LogP contribution in [0.1, 0.15) is 23.5 Å². The molecule has 2 aromatic rings. The van der Waals surface area contributed by atoms with E-state index in [1.165, 1.54) is 11.9 Å². The van der Waals surface area contributed by atoms with Gasteiger partial charge in [0.25, 0.3) is 0 Å². The van der Waals surface area contributed by atoms with Crippen molar-refractivity contribution < 1.29 is 19.5 Å². The molecular weight excluding hydrogens is 394 g/mol. The van der Waals surface area contributed by atoms with Crippen LogP contribution < -0.4 is 11.5 Å². The molecule has 8 heteroatoms. The monoisotopic (exact) mass is 419 g/mol. The standard InChI is InChI=1S/C21H25N3O4.ClH/c1-24(21(28)17(22)13-18(25)26)19(20(23)27)16(15-10-6-3-7-11-15)12-14-8-4-2-5-9-14;/h2-11,16-17,19H,12-13,22H2,1H3,(H2,23,27)(H,25,26);1H/t16?,17-,19-;/m0./s1. The molecule has 0 fully saturated rings. The summed E-state index contributed by atoms with van der Waals surface area (Å²) in [6.45, 7) is 0. The lowest BCUT2D eigenvalue weighted by molar-refractivity contribution is -0.144. The van der Waals surface area contributed by atoms with Crippen molar-refractivity contribution in [2.75, 3.05) is 7.05 Å². The predicted octanol–water partition coefficient (Wildman–Crippen LogP) is 1.55. The maximum absolute atomic E-state index is 12.6. The molecule has 1 unspecified atom stereocenters. The molecule has 2 aromatic carbocycles. The molecule has 0 saturated carbocycles. The maximum Gasteiger partial charge on any atom is 0.305 e. The number of aliphatic carboxylic acids is 1. The summed E-state index contributed by atoms with van der Waals surface area (Å²) >= 11 is 0. The van der Waals surface area contributed by atoms with Gasteiger partial charge in [-0.3, -0.25) is 14.4 Å². The van der Waals surface area contributed by atoms with Gasteiger partial charge in [-0.15, -0.1) is 12.4 Å². The number of carboxylic acid groups (broad SMARTS) is 1.